The SMILES string of the molecule is COCCC(NC(=O)OC)C(=O)N1CCCC1c1nc2ccc(-c3cc4ccc3CCc3ccc(c(-c5ccc6nc(C7CCCN7C(=O)C(CCOC)NC(=O)OC)[nH]c6c5)c3)CC4)cc2[nH]1. The van der Waals surface area contributed by atoms with Gasteiger partial charge in [-0.05, 0) is 120 Å². The molecule has 4 bridgehead atoms. The van der Waals surface area contributed by atoms with Gasteiger partial charge in [0.15, 0.2) is 0 Å². The normalized spacial score (nSPS) is 17.8. The highest BCUT2D eigenvalue weighted by Gasteiger charge is 2.38. The van der Waals surface area contributed by atoms with Crippen LogP contribution in [0.2, 0.25) is 0 Å². The van der Waals surface area contributed by atoms with Gasteiger partial charge in [-0.15, -0.1) is 0 Å². The first-order chi connectivity index (χ1) is 33.1. The van der Waals surface area contributed by atoms with Gasteiger partial charge in [-0.2, -0.15) is 0 Å². The van der Waals surface area contributed by atoms with E-state index in [9.17, 15) is 19.2 Å². The van der Waals surface area contributed by atoms with Gasteiger partial charge >= 0.3 is 12.2 Å². The summed E-state index contributed by atoms with van der Waals surface area (Å²) in [6.45, 7) is 1.78. The molecule has 6 aromatic rings. The van der Waals surface area contributed by atoms with E-state index in [1.54, 1.807) is 14.2 Å². The highest BCUT2D eigenvalue weighted by molar-refractivity contribution is 5.88. The van der Waals surface area contributed by atoms with Crippen LogP contribution in [0.25, 0.3) is 44.3 Å². The number of ether oxygens (including phenoxy) is 4. The van der Waals surface area contributed by atoms with Crippen LogP contribution in [0.1, 0.15) is 84.5 Å². The number of methoxy groups -OCH3 is 4. The van der Waals surface area contributed by atoms with E-state index < -0.39 is 24.3 Å². The lowest BCUT2D eigenvalue weighted by Gasteiger charge is -2.28. The number of likely N-dealkylation sites (tertiary alicyclic amines) is 2. The van der Waals surface area contributed by atoms with Crippen molar-refractivity contribution < 1.29 is 38.1 Å². The van der Waals surface area contributed by atoms with Gasteiger partial charge in [-0.3, -0.25) is 9.59 Å². The molecule has 0 radical (unpaired) electrons. The Kier molecular flexibility index (Phi) is 14.0. The van der Waals surface area contributed by atoms with Crippen molar-refractivity contribution in [2.24, 2.45) is 0 Å². The minimum atomic E-state index is -0.768. The van der Waals surface area contributed by atoms with Gasteiger partial charge in [0.1, 0.15) is 23.7 Å². The molecule has 16 heteroatoms. The summed E-state index contributed by atoms with van der Waals surface area (Å²) in [7, 11) is 5.71. The van der Waals surface area contributed by atoms with Crippen molar-refractivity contribution in [1.29, 1.82) is 0 Å². The lowest BCUT2D eigenvalue weighted by molar-refractivity contribution is -0.135. The Morgan fingerprint density at radius 2 is 1.04 bits per heavy atom. The molecule has 4 atom stereocenters. The van der Waals surface area contributed by atoms with E-state index in [0.717, 1.165) is 96.2 Å². The van der Waals surface area contributed by atoms with Gasteiger partial charge < -0.3 is 49.3 Å². The number of hydrogen-bond donors (Lipinski definition) is 4. The number of carbonyl (C=O) groups excluding carboxylic acids is 4. The molecular weight excluding hydrogens is 865 g/mol. The van der Waals surface area contributed by atoms with E-state index in [0.29, 0.717) is 39.1 Å². The van der Waals surface area contributed by atoms with Gasteiger partial charge in [0.2, 0.25) is 11.8 Å². The second kappa shape index (κ2) is 20.6. The van der Waals surface area contributed by atoms with Crippen LogP contribution in [-0.2, 0) is 54.2 Å². The second-order valence-corrected chi connectivity index (χ2v) is 18.0. The second-order valence-electron chi connectivity index (χ2n) is 18.0. The van der Waals surface area contributed by atoms with Crippen LogP contribution in [0.3, 0.4) is 0 Å². The largest absolute Gasteiger partial charge is 0.453 e. The molecule has 356 valence electrons. The standard InChI is InChI=1S/C52H60N8O8/c1-65-25-21-41(57-51(63)67-3)49(61)59-23-5-7-45(59)47-53-39-19-17-35(29-43(39)55-47)37-27-31-9-13-33(37)15-11-32-10-14-34(16-12-31)38(28-32)36-18-20-40-44(30-36)56-48(54-40)46-8-6-24-60(46)50(62)42(22-26-66-2)58-52(64)68-4/h9-10,13-14,17-20,27-30,41-42,45-46H,5-8,11-12,15-16,21-26H2,1-4H3,(H,53,55)(H,54,56)(H,57,63)(H,58,64). The monoisotopic (exact) mass is 924 g/mol. The Morgan fingerprint density at radius 1 is 0.603 bits per heavy atom. The summed E-state index contributed by atoms with van der Waals surface area (Å²) in [4.78, 5) is 72.6. The van der Waals surface area contributed by atoms with E-state index in [1.807, 2.05) is 9.80 Å². The number of aromatic nitrogens is 4. The average Bonchev–Trinajstić information content (AvgIpc) is 4.20. The number of H-pyrrole nitrogens is 2. The molecule has 4 amide bonds. The molecule has 4 aliphatic carbocycles. The number of rotatable bonds is 14. The van der Waals surface area contributed by atoms with E-state index in [-0.39, 0.29) is 23.9 Å². The van der Waals surface area contributed by atoms with Crippen molar-refractivity contribution in [1.82, 2.24) is 40.4 Å². The predicted molar refractivity (Wildman–Crippen MR) is 257 cm³/mol. The number of alkyl carbamates (subject to hydrolysis) is 2. The van der Waals surface area contributed by atoms with Crippen molar-refractivity contribution in [3.8, 4) is 22.3 Å². The first-order valence-electron chi connectivity index (χ1n) is 23.7. The van der Waals surface area contributed by atoms with Crippen molar-refractivity contribution in [3.05, 3.63) is 107 Å². The third-order valence-electron chi connectivity index (χ3n) is 13.8. The molecule has 12 rings (SSSR count). The Balaban J connectivity index is 0.931. The first-order valence-corrected chi connectivity index (χ1v) is 23.7. The fourth-order valence-corrected chi connectivity index (χ4v) is 10.2. The fraction of sp³-hybridized carbons (Fsp3) is 0.423. The maximum atomic E-state index is 13.8. The summed E-state index contributed by atoms with van der Waals surface area (Å²) in [6.07, 6.45) is 5.96. The van der Waals surface area contributed by atoms with Crippen molar-refractivity contribution in [3.63, 3.8) is 0 Å². The van der Waals surface area contributed by atoms with Gasteiger partial charge in [0.05, 0.1) is 48.4 Å². The zero-order valence-electron chi connectivity index (χ0n) is 39.2. The number of nitrogens with one attached hydrogen (secondary N) is 4. The summed E-state index contributed by atoms with van der Waals surface area (Å²) >= 11 is 0. The average molecular weight is 925 g/mol. The van der Waals surface area contributed by atoms with Crippen molar-refractivity contribution in [2.75, 3.05) is 54.7 Å². The number of nitrogens with zero attached hydrogens (tertiary/aromatic N) is 4. The minimum absolute atomic E-state index is 0.177. The Bertz CT molecular complexity index is 2630. The molecule has 68 heavy (non-hydrogen) atoms. The van der Waals surface area contributed by atoms with Crippen LogP contribution in [0, 0.1) is 0 Å². The number of amides is 4. The molecule has 2 saturated heterocycles. The molecule has 16 nitrogen and oxygen atoms in total. The zero-order valence-corrected chi connectivity index (χ0v) is 39.2. The number of aromatic amines is 2. The van der Waals surface area contributed by atoms with E-state index >= 15 is 0 Å². The van der Waals surface area contributed by atoms with E-state index in [2.05, 4.69) is 93.4 Å². The van der Waals surface area contributed by atoms with E-state index in [4.69, 9.17) is 28.9 Å². The first kappa shape index (κ1) is 46.3. The van der Waals surface area contributed by atoms with Crippen LogP contribution in [0.5, 0.6) is 0 Å². The zero-order chi connectivity index (χ0) is 47.3. The third-order valence-corrected chi connectivity index (χ3v) is 13.8. The lowest BCUT2D eigenvalue weighted by atomic mass is 9.87. The summed E-state index contributed by atoms with van der Waals surface area (Å²) in [5.74, 6) is 1.12. The van der Waals surface area contributed by atoms with Gasteiger partial charge in [-0.1, -0.05) is 48.5 Å². The molecule has 0 saturated carbocycles. The molecular formula is C52H60N8O8. The summed E-state index contributed by atoms with van der Waals surface area (Å²) in [5.41, 5.74) is 13.2. The Hall–Kier alpha value is -6.78. The third kappa shape index (κ3) is 9.79. The van der Waals surface area contributed by atoms with Gasteiger partial charge in [0, 0.05) is 53.4 Å². The number of imidazole rings is 2. The maximum absolute atomic E-state index is 13.8. The fourth-order valence-electron chi connectivity index (χ4n) is 10.2. The predicted octanol–water partition coefficient (Wildman–Crippen LogP) is 7.51. The number of benzene rings is 4. The quantitative estimate of drug-likeness (QED) is 0.0850. The van der Waals surface area contributed by atoms with Gasteiger partial charge in [-0.25, -0.2) is 19.6 Å². The number of carbonyl (C=O) groups is 4. The van der Waals surface area contributed by atoms with E-state index in [1.165, 1.54) is 47.6 Å². The molecule has 6 aliphatic rings. The van der Waals surface area contributed by atoms with Crippen LogP contribution in [0.15, 0.2) is 72.8 Å². The summed E-state index contributed by atoms with van der Waals surface area (Å²) in [5, 5.41) is 5.39. The van der Waals surface area contributed by atoms with Crippen LogP contribution in [0.4, 0.5) is 9.59 Å². The van der Waals surface area contributed by atoms with Crippen molar-refractivity contribution in [2.45, 2.75) is 88.4 Å². The smallest absolute Gasteiger partial charge is 0.407 e. The molecule has 4 aromatic carbocycles. The maximum Gasteiger partial charge on any atom is 0.407 e. The van der Waals surface area contributed by atoms with Crippen LogP contribution < -0.4 is 10.6 Å². The minimum Gasteiger partial charge on any atom is -0.453 e. The molecule has 4 N–H and O–H groups in total. The van der Waals surface area contributed by atoms with Gasteiger partial charge in [0.25, 0.3) is 0 Å². The molecule has 4 unspecified atom stereocenters. The molecule has 2 aliphatic heterocycles. The summed E-state index contributed by atoms with van der Waals surface area (Å²) < 4.78 is 20.1. The van der Waals surface area contributed by atoms with Crippen LogP contribution >= 0.6 is 0 Å². The number of aryl methyl sites for hydroxylation is 4. The Morgan fingerprint density at radius 3 is 1.46 bits per heavy atom. The molecule has 2 aromatic heterocycles. The van der Waals surface area contributed by atoms with Crippen LogP contribution in [-0.4, -0.2) is 121 Å². The molecule has 2 fully saturated rings. The molecule has 0 spiro atoms. The highest BCUT2D eigenvalue weighted by Crippen LogP contribution is 2.37. The number of fused-ring (bicyclic) bond motifs is 2. The van der Waals surface area contributed by atoms with Crippen molar-refractivity contribution >= 4 is 46.1 Å². The topological polar surface area (TPSA) is 193 Å². The Labute approximate surface area is 395 Å². The lowest BCUT2D eigenvalue weighted by Crippen LogP contribution is -2.49. The highest BCUT2D eigenvalue weighted by atomic mass is 16.5. The molecule has 4 heterocycles. The number of hydrogen-bond acceptors (Lipinski definition) is 10. The summed E-state index contributed by atoms with van der Waals surface area (Å²) in [6, 6.07) is 24.5.